The molecule has 9 aromatic carbocycles. The molecule has 0 unspecified atom stereocenters. The molecule has 0 saturated carbocycles. The summed E-state index contributed by atoms with van der Waals surface area (Å²) >= 11 is 0. The van der Waals surface area contributed by atoms with E-state index >= 15 is 0 Å². The van der Waals surface area contributed by atoms with Gasteiger partial charge in [-0.25, -0.2) is 9.97 Å². The first-order valence-corrected chi connectivity index (χ1v) is 19.7. The Hall–Kier alpha value is -7.16. The number of benzene rings is 9. The van der Waals surface area contributed by atoms with E-state index in [-0.39, 0.29) is 5.41 Å². The zero-order valence-electron chi connectivity index (χ0n) is 31.9. The van der Waals surface area contributed by atoms with Crippen LogP contribution in [0.1, 0.15) is 25.0 Å². The number of nitrogens with zero attached hydrogens (tertiary/aromatic N) is 2. The molecule has 0 amide bonds. The molecule has 10 aromatic rings. The minimum atomic E-state index is -0.118. The molecule has 0 saturated heterocycles. The molecule has 0 aliphatic heterocycles. The first-order chi connectivity index (χ1) is 28.0. The average molecular weight is 727 g/mol. The number of rotatable bonds is 5. The Balaban J connectivity index is 1.14. The number of hydrogen-bond acceptors (Lipinski definition) is 2. The van der Waals surface area contributed by atoms with Gasteiger partial charge in [0.2, 0.25) is 0 Å². The second-order valence-corrected chi connectivity index (χ2v) is 15.7. The summed E-state index contributed by atoms with van der Waals surface area (Å²) in [5.74, 6) is 0.704. The smallest absolute Gasteiger partial charge is 0.160 e. The molecule has 1 aliphatic rings. The summed E-state index contributed by atoms with van der Waals surface area (Å²) in [7, 11) is 0. The topological polar surface area (TPSA) is 25.8 Å². The fourth-order valence-corrected chi connectivity index (χ4v) is 9.29. The Labute approximate surface area is 332 Å². The van der Waals surface area contributed by atoms with Gasteiger partial charge in [-0.05, 0) is 95.0 Å². The molecule has 0 bridgehead atoms. The van der Waals surface area contributed by atoms with Crippen LogP contribution in [0.3, 0.4) is 0 Å². The molecule has 0 fully saturated rings. The van der Waals surface area contributed by atoms with Crippen molar-refractivity contribution in [2.75, 3.05) is 0 Å². The highest BCUT2D eigenvalue weighted by molar-refractivity contribution is 6.09. The zero-order valence-corrected chi connectivity index (χ0v) is 31.9. The predicted octanol–water partition coefficient (Wildman–Crippen LogP) is 14.6. The fraction of sp³-hybridized carbons (Fsp3) is 0.0545. The zero-order chi connectivity index (χ0) is 38.1. The van der Waals surface area contributed by atoms with Crippen LogP contribution in [0.25, 0.3) is 99.6 Å². The Morgan fingerprint density at radius 1 is 0.333 bits per heavy atom. The van der Waals surface area contributed by atoms with E-state index < -0.39 is 0 Å². The minimum Gasteiger partial charge on any atom is -0.228 e. The third-order valence-corrected chi connectivity index (χ3v) is 12.1. The van der Waals surface area contributed by atoms with Gasteiger partial charge in [0, 0.05) is 22.1 Å². The molecule has 57 heavy (non-hydrogen) atoms. The van der Waals surface area contributed by atoms with Crippen molar-refractivity contribution in [3.8, 4) is 67.3 Å². The highest BCUT2D eigenvalue weighted by atomic mass is 14.9. The lowest BCUT2D eigenvalue weighted by Crippen LogP contribution is -2.14. The van der Waals surface area contributed by atoms with Crippen LogP contribution < -0.4 is 0 Å². The molecule has 0 N–H and O–H groups in total. The van der Waals surface area contributed by atoms with Gasteiger partial charge in [-0.2, -0.15) is 0 Å². The molecular formula is C55H38N2. The average Bonchev–Trinajstić information content (AvgIpc) is 3.50. The molecule has 1 heterocycles. The van der Waals surface area contributed by atoms with Crippen LogP contribution in [-0.4, -0.2) is 9.97 Å². The Bertz CT molecular complexity index is 3200. The molecule has 1 aromatic heterocycles. The van der Waals surface area contributed by atoms with E-state index in [9.17, 15) is 0 Å². The molecule has 268 valence electrons. The molecule has 0 radical (unpaired) electrons. The van der Waals surface area contributed by atoms with Crippen molar-refractivity contribution in [2.24, 2.45) is 0 Å². The van der Waals surface area contributed by atoms with Crippen molar-refractivity contribution < 1.29 is 0 Å². The minimum absolute atomic E-state index is 0.118. The van der Waals surface area contributed by atoms with E-state index in [1.807, 2.05) is 6.07 Å². The lowest BCUT2D eigenvalue weighted by Gasteiger charge is -2.22. The van der Waals surface area contributed by atoms with E-state index in [2.05, 4.69) is 202 Å². The van der Waals surface area contributed by atoms with Gasteiger partial charge >= 0.3 is 0 Å². The monoisotopic (exact) mass is 726 g/mol. The third-order valence-electron chi connectivity index (χ3n) is 12.1. The highest BCUT2D eigenvalue weighted by Gasteiger charge is 2.37. The van der Waals surface area contributed by atoms with E-state index in [1.165, 1.54) is 65.9 Å². The van der Waals surface area contributed by atoms with Gasteiger partial charge in [0.1, 0.15) is 0 Å². The Morgan fingerprint density at radius 2 is 0.895 bits per heavy atom. The number of aromatic nitrogens is 2. The van der Waals surface area contributed by atoms with Crippen molar-refractivity contribution in [1.82, 2.24) is 9.97 Å². The quantitative estimate of drug-likeness (QED) is 0.176. The molecule has 1 aliphatic carbocycles. The lowest BCUT2D eigenvalue weighted by molar-refractivity contribution is 0.661. The normalized spacial score (nSPS) is 12.9. The van der Waals surface area contributed by atoms with Gasteiger partial charge in [-0.15, -0.1) is 0 Å². The standard InChI is InChI=1S/C55H38N2/c1-55(2)48-27-15-26-45(53(48)47-32-38-21-9-10-22-39(38)33-49(47)55)43-30-31-44(42-25-14-13-24-41(42)43)50-34-51(57-54(56-50)37-19-7-4-8-20-37)46-29-28-35-16-11-12-23-40(35)52(46)36-17-5-3-6-18-36/h3-34H,1-2H3. The van der Waals surface area contributed by atoms with Gasteiger partial charge in [-0.1, -0.05) is 190 Å². The van der Waals surface area contributed by atoms with Crippen LogP contribution in [0.15, 0.2) is 194 Å². The van der Waals surface area contributed by atoms with Gasteiger partial charge in [-0.3, -0.25) is 0 Å². The summed E-state index contributed by atoms with van der Waals surface area (Å²) in [6, 6.07) is 70.1. The van der Waals surface area contributed by atoms with Crippen LogP contribution in [0.2, 0.25) is 0 Å². The molecule has 11 rings (SSSR count). The van der Waals surface area contributed by atoms with E-state index in [4.69, 9.17) is 9.97 Å². The van der Waals surface area contributed by atoms with Crippen LogP contribution in [0.4, 0.5) is 0 Å². The predicted molar refractivity (Wildman–Crippen MR) is 239 cm³/mol. The third kappa shape index (κ3) is 5.33. The summed E-state index contributed by atoms with van der Waals surface area (Å²) in [4.78, 5) is 10.7. The molecule has 2 heteroatoms. The summed E-state index contributed by atoms with van der Waals surface area (Å²) in [6.07, 6.45) is 0. The maximum atomic E-state index is 5.34. The van der Waals surface area contributed by atoms with Crippen molar-refractivity contribution >= 4 is 32.3 Å². The largest absolute Gasteiger partial charge is 0.228 e. The Kier molecular flexibility index (Phi) is 7.55. The van der Waals surface area contributed by atoms with E-state index in [1.54, 1.807) is 0 Å². The number of hydrogen-bond donors (Lipinski definition) is 0. The second-order valence-electron chi connectivity index (χ2n) is 15.7. The molecular weight excluding hydrogens is 689 g/mol. The van der Waals surface area contributed by atoms with Crippen LogP contribution in [0.5, 0.6) is 0 Å². The van der Waals surface area contributed by atoms with Crippen molar-refractivity contribution in [3.63, 3.8) is 0 Å². The first-order valence-electron chi connectivity index (χ1n) is 19.7. The number of fused-ring (bicyclic) bond motifs is 6. The van der Waals surface area contributed by atoms with Gasteiger partial charge in [0.25, 0.3) is 0 Å². The molecule has 0 spiro atoms. The van der Waals surface area contributed by atoms with Gasteiger partial charge in [0.15, 0.2) is 5.82 Å². The summed E-state index contributed by atoms with van der Waals surface area (Å²) in [5, 5.41) is 7.32. The van der Waals surface area contributed by atoms with E-state index in [0.29, 0.717) is 5.82 Å². The van der Waals surface area contributed by atoms with Crippen molar-refractivity contribution in [2.45, 2.75) is 19.3 Å². The Morgan fingerprint density at radius 3 is 1.63 bits per heavy atom. The lowest BCUT2D eigenvalue weighted by atomic mass is 9.81. The van der Waals surface area contributed by atoms with Crippen LogP contribution in [-0.2, 0) is 5.41 Å². The maximum absolute atomic E-state index is 5.34. The molecule has 2 nitrogen and oxygen atoms in total. The summed E-state index contributed by atoms with van der Waals surface area (Å²) < 4.78 is 0. The maximum Gasteiger partial charge on any atom is 0.160 e. The molecule has 0 atom stereocenters. The first kappa shape index (κ1) is 33.2. The summed E-state index contributed by atoms with van der Waals surface area (Å²) in [5.41, 5.74) is 15.0. The van der Waals surface area contributed by atoms with Crippen LogP contribution in [0, 0.1) is 0 Å². The van der Waals surface area contributed by atoms with Crippen LogP contribution >= 0.6 is 0 Å². The fourth-order valence-electron chi connectivity index (χ4n) is 9.29. The van der Waals surface area contributed by atoms with E-state index in [0.717, 1.165) is 39.0 Å². The van der Waals surface area contributed by atoms with Gasteiger partial charge < -0.3 is 0 Å². The van der Waals surface area contributed by atoms with Gasteiger partial charge in [0.05, 0.1) is 11.4 Å². The highest BCUT2D eigenvalue weighted by Crippen LogP contribution is 2.54. The van der Waals surface area contributed by atoms with Crippen molar-refractivity contribution in [1.29, 1.82) is 0 Å². The second kappa shape index (κ2) is 13.0. The SMILES string of the molecule is CC1(C)c2cc3ccccc3cc2-c2c(-c3ccc(-c4cc(-c5ccc6ccccc6c5-c5ccccc5)nc(-c5ccccc5)n4)c4ccccc34)cccc21. The van der Waals surface area contributed by atoms with Crippen molar-refractivity contribution in [3.05, 3.63) is 205 Å². The summed E-state index contributed by atoms with van der Waals surface area (Å²) in [6.45, 7) is 4.74.